The second-order valence-electron chi connectivity index (χ2n) is 4.36. The molecule has 10 heteroatoms. The quantitative estimate of drug-likeness (QED) is 0.636. The molecule has 0 aliphatic heterocycles. The lowest BCUT2D eigenvalue weighted by molar-refractivity contribution is -0.192. The van der Waals surface area contributed by atoms with E-state index in [1.165, 1.54) is 6.07 Å². The van der Waals surface area contributed by atoms with Crippen LogP contribution in [0.5, 0.6) is 5.75 Å². The summed E-state index contributed by atoms with van der Waals surface area (Å²) in [6.45, 7) is 1.00. The van der Waals surface area contributed by atoms with E-state index in [0.29, 0.717) is 34.9 Å². The van der Waals surface area contributed by atoms with Crippen LogP contribution in [0.15, 0.2) is 33.5 Å². The van der Waals surface area contributed by atoms with Crippen molar-refractivity contribution in [2.45, 2.75) is 12.6 Å². The van der Waals surface area contributed by atoms with Gasteiger partial charge in [-0.2, -0.15) is 13.2 Å². The first-order valence-electron chi connectivity index (χ1n) is 6.51. The molecule has 0 bridgehead atoms. The molecule has 6 nitrogen and oxygen atoms in total. The number of ether oxygens (including phenoxy) is 1. The Morgan fingerprint density at radius 2 is 1.96 bits per heavy atom. The minimum Gasteiger partial charge on any atom is -0.492 e. The van der Waals surface area contributed by atoms with Crippen molar-refractivity contribution in [3.63, 3.8) is 0 Å². The van der Waals surface area contributed by atoms with Crippen LogP contribution in [0.4, 0.5) is 13.2 Å². The van der Waals surface area contributed by atoms with Gasteiger partial charge in [-0.1, -0.05) is 11.6 Å². The number of rotatable bonds is 4. The zero-order valence-electron chi connectivity index (χ0n) is 12.1. The summed E-state index contributed by atoms with van der Waals surface area (Å²) in [4.78, 5) is 20.2. The Bertz CT molecular complexity index is 760. The molecular formula is C14H13ClF3NO5. The molecule has 0 radical (unpaired) electrons. The third kappa shape index (κ3) is 6.09. The lowest BCUT2D eigenvalue weighted by Crippen LogP contribution is -2.21. The number of carbonyl (C=O) groups is 1. The van der Waals surface area contributed by atoms with Crippen molar-refractivity contribution in [1.29, 1.82) is 0 Å². The highest BCUT2D eigenvalue weighted by molar-refractivity contribution is 6.31. The molecule has 0 atom stereocenters. The van der Waals surface area contributed by atoms with Gasteiger partial charge in [0.15, 0.2) is 0 Å². The summed E-state index contributed by atoms with van der Waals surface area (Å²) < 4.78 is 42.3. The Kier molecular flexibility index (Phi) is 7.05. The molecule has 2 aromatic rings. The molecule has 0 amide bonds. The Morgan fingerprint density at radius 1 is 1.33 bits per heavy atom. The molecule has 0 spiro atoms. The van der Waals surface area contributed by atoms with Crippen LogP contribution in [0, 0.1) is 0 Å². The summed E-state index contributed by atoms with van der Waals surface area (Å²) >= 11 is 5.90. The molecule has 1 aromatic heterocycles. The first-order valence-corrected chi connectivity index (χ1v) is 6.89. The fourth-order valence-electron chi connectivity index (χ4n) is 1.49. The summed E-state index contributed by atoms with van der Waals surface area (Å²) in [5.41, 5.74) is 5.40. The number of nitrogens with two attached hydrogens (primary N) is 1. The molecule has 0 saturated carbocycles. The Hall–Kier alpha value is -2.26. The van der Waals surface area contributed by atoms with Crippen LogP contribution in [0.1, 0.15) is 6.42 Å². The maximum Gasteiger partial charge on any atom is 0.490 e. The Morgan fingerprint density at radius 3 is 2.50 bits per heavy atom. The van der Waals surface area contributed by atoms with E-state index in [1.54, 1.807) is 18.2 Å². The normalized spacial score (nSPS) is 10.9. The molecule has 0 aliphatic carbocycles. The lowest BCUT2D eigenvalue weighted by atomic mass is 10.2. The number of hydrogen-bond donors (Lipinski definition) is 2. The van der Waals surface area contributed by atoms with Crippen LogP contribution in [-0.2, 0) is 4.79 Å². The van der Waals surface area contributed by atoms with E-state index in [9.17, 15) is 18.0 Å². The van der Waals surface area contributed by atoms with Gasteiger partial charge >= 0.3 is 17.8 Å². The second kappa shape index (κ2) is 8.55. The zero-order chi connectivity index (χ0) is 18.3. The molecule has 0 saturated heterocycles. The molecule has 0 aliphatic rings. The van der Waals surface area contributed by atoms with Crippen LogP contribution in [-0.4, -0.2) is 30.4 Å². The van der Waals surface area contributed by atoms with E-state index in [-0.39, 0.29) is 0 Å². The number of alkyl halides is 3. The van der Waals surface area contributed by atoms with Crippen LogP contribution >= 0.6 is 11.6 Å². The molecule has 1 heterocycles. The Balaban J connectivity index is 0.000000351. The van der Waals surface area contributed by atoms with Gasteiger partial charge < -0.3 is 20.0 Å². The molecule has 3 N–H and O–H groups in total. The average molecular weight is 368 g/mol. The van der Waals surface area contributed by atoms with Crippen LogP contribution < -0.4 is 16.1 Å². The zero-order valence-corrected chi connectivity index (χ0v) is 12.9. The van der Waals surface area contributed by atoms with E-state index in [1.807, 2.05) is 0 Å². The minimum absolute atomic E-state index is 0.442. The summed E-state index contributed by atoms with van der Waals surface area (Å²) in [5.74, 6) is -2.28. The van der Waals surface area contributed by atoms with Gasteiger partial charge in [0, 0.05) is 5.02 Å². The number of halogens is 4. The third-order valence-electron chi connectivity index (χ3n) is 2.52. The van der Waals surface area contributed by atoms with Gasteiger partial charge in [-0.25, -0.2) is 9.59 Å². The summed E-state index contributed by atoms with van der Waals surface area (Å²) in [6, 6.07) is 6.33. The highest BCUT2D eigenvalue weighted by atomic mass is 35.5. The standard InChI is InChI=1S/C12H12ClNO3.C2HF3O2/c13-8-2-3-10-9(6-8)11(7-12(15)17-10)16-5-1-4-14;3-2(4,5)1(6)7/h2-3,6-7H,1,4-5,14H2;(H,6,7). The molecule has 24 heavy (non-hydrogen) atoms. The highest BCUT2D eigenvalue weighted by Crippen LogP contribution is 2.26. The average Bonchev–Trinajstić information content (AvgIpc) is 2.47. The molecule has 0 fully saturated rings. The Labute approximate surface area is 138 Å². The summed E-state index contributed by atoms with van der Waals surface area (Å²) in [7, 11) is 0. The number of hydrogen-bond acceptors (Lipinski definition) is 5. The first kappa shape index (κ1) is 19.8. The van der Waals surface area contributed by atoms with Crippen LogP contribution in [0.2, 0.25) is 5.02 Å². The molecular weight excluding hydrogens is 355 g/mol. The van der Waals surface area contributed by atoms with Crippen molar-refractivity contribution in [2.75, 3.05) is 13.2 Å². The molecule has 2 rings (SSSR count). The fourth-order valence-corrected chi connectivity index (χ4v) is 1.66. The topological polar surface area (TPSA) is 103 Å². The lowest BCUT2D eigenvalue weighted by Gasteiger charge is -2.07. The number of carboxylic acids is 1. The largest absolute Gasteiger partial charge is 0.492 e. The van der Waals surface area contributed by atoms with Crippen molar-refractivity contribution in [1.82, 2.24) is 0 Å². The fraction of sp³-hybridized carbons (Fsp3) is 0.286. The van der Waals surface area contributed by atoms with E-state index < -0.39 is 17.8 Å². The van der Waals surface area contributed by atoms with E-state index in [2.05, 4.69) is 0 Å². The smallest absolute Gasteiger partial charge is 0.490 e. The monoisotopic (exact) mass is 367 g/mol. The molecule has 0 unspecified atom stereocenters. The van der Waals surface area contributed by atoms with Gasteiger partial charge in [0.2, 0.25) is 0 Å². The van der Waals surface area contributed by atoms with Crippen molar-refractivity contribution in [2.24, 2.45) is 5.73 Å². The molecule has 132 valence electrons. The predicted molar refractivity (Wildman–Crippen MR) is 80.4 cm³/mol. The van der Waals surface area contributed by atoms with Gasteiger partial charge in [0.05, 0.1) is 18.1 Å². The highest BCUT2D eigenvalue weighted by Gasteiger charge is 2.38. The SMILES string of the molecule is NCCCOc1cc(=O)oc2ccc(Cl)cc12.O=C(O)C(F)(F)F. The first-order chi connectivity index (χ1) is 11.1. The van der Waals surface area contributed by atoms with Gasteiger partial charge in [0.1, 0.15) is 11.3 Å². The third-order valence-corrected chi connectivity index (χ3v) is 2.75. The maximum absolute atomic E-state index is 11.3. The number of benzene rings is 1. The van der Waals surface area contributed by atoms with E-state index in [4.69, 9.17) is 36.4 Å². The number of fused-ring (bicyclic) bond motifs is 1. The van der Waals surface area contributed by atoms with Crippen molar-refractivity contribution in [3.8, 4) is 5.75 Å². The van der Waals surface area contributed by atoms with Crippen LogP contribution in [0.25, 0.3) is 11.0 Å². The van der Waals surface area contributed by atoms with E-state index >= 15 is 0 Å². The number of aliphatic carboxylic acids is 1. The van der Waals surface area contributed by atoms with E-state index in [0.717, 1.165) is 6.42 Å². The minimum atomic E-state index is -5.08. The van der Waals surface area contributed by atoms with Gasteiger partial charge in [-0.05, 0) is 31.2 Å². The summed E-state index contributed by atoms with van der Waals surface area (Å²) in [5, 5.41) is 8.38. The number of carboxylic acid groups (broad SMARTS) is 1. The second-order valence-corrected chi connectivity index (χ2v) is 4.80. The van der Waals surface area contributed by atoms with Crippen molar-refractivity contribution < 1.29 is 32.2 Å². The summed E-state index contributed by atoms with van der Waals surface area (Å²) in [6.07, 6.45) is -4.36. The predicted octanol–water partition coefficient (Wildman–Crippen LogP) is 2.81. The van der Waals surface area contributed by atoms with Crippen LogP contribution in [0.3, 0.4) is 0 Å². The molecule has 1 aromatic carbocycles. The van der Waals surface area contributed by atoms with Gasteiger partial charge in [-0.15, -0.1) is 0 Å². The van der Waals surface area contributed by atoms with Crippen molar-refractivity contribution >= 4 is 28.5 Å². The van der Waals surface area contributed by atoms with Gasteiger partial charge in [0.25, 0.3) is 0 Å². The maximum atomic E-state index is 11.3. The van der Waals surface area contributed by atoms with Crippen molar-refractivity contribution in [3.05, 3.63) is 39.7 Å². The van der Waals surface area contributed by atoms with Gasteiger partial charge in [-0.3, -0.25) is 0 Å².